The Morgan fingerprint density at radius 2 is 2.43 bits per heavy atom. The Balaban J connectivity index is 2.71. The molecule has 0 bridgehead atoms. The molecule has 0 aliphatic carbocycles. The van der Waals surface area contributed by atoms with Crippen LogP contribution < -0.4 is 0 Å². The molecule has 14 heavy (non-hydrogen) atoms. The Bertz CT molecular complexity index is 320. The summed E-state index contributed by atoms with van der Waals surface area (Å²) in [5.41, 5.74) is 0.521. The predicted octanol–water partition coefficient (Wildman–Crippen LogP) is -0.127. The van der Waals surface area contributed by atoms with Crippen LogP contribution in [0.15, 0.2) is 12.3 Å². The number of hydrogen-bond donors (Lipinski definition) is 1. The predicted molar refractivity (Wildman–Crippen MR) is 51.8 cm³/mol. The number of nitrogens with zero attached hydrogens (tertiary/aromatic N) is 3. The Labute approximate surface area is 82.9 Å². The highest BCUT2D eigenvalue weighted by atomic mass is 16.3. The lowest BCUT2D eigenvalue weighted by Gasteiger charge is -2.18. The van der Waals surface area contributed by atoms with Gasteiger partial charge in [-0.1, -0.05) is 0 Å². The van der Waals surface area contributed by atoms with Crippen LogP contribution in [-0.2, 0) is 7.05 Å². The summed E-state index contributed by atoms with van der Waals surface area (Å²) in [6.45, 7) is 1.97. The lowest BCUT2D eigenvalue weighted by molar-refractivity contribution is 0.0693. The fraction of sp³-hybridized carbons (Fsp3) is 0.556. The molecule has 1 N–H and O–H groups in total. The van der Waals surface area contributed by atoms with Crippen LogP contribution in [-0.4, -0.2) is 45.4 Å². The van der Waals surface area contributed by atoms with E-state index in [2.05, 4.69) is 5.10 Å². The highest BCUT2D eigenvalue weighted by Gasteiger charge is 2.15. The summed E-state index contributed by atoms with van der Waals surface area (Å²) in [6.07, 6.45) is 1.06. The van der Waals surface area contributed by atoms with Gasteiger partial charge in [-0.05, 0) is 13.0 Å². The van der Waals surface area contributed by atoms with E-state index < -0.39 is 6.10 Å². The lowest BCUT2D eigenvalue weighted by atomic mass is 10.3. The monoisotopic (exact) mass is 197 g/mol. The van der Waals surface area contributed by atoms with Crippen LogP contribution in [0.1, 0.15) is 17.4 Å². The maximum atomic E-state index is 11.7. The normalized spacial score (nSPS) is 12.6. The van der Waals surface area contributed by atoms with Gasteiger partial charge in [-0.2, -0.15) is 5.10 Å². The molecule has 1 rings (SSSR count). The van der Waals surface area contributed by atoms with Crippen molar-refractivity contribution >= 4 is 5.91 Å². The average molecular weight is 197 g/mol. The Hall–Kier alpha value is -1.36. The van der Waals surface area contributed by atoms with Gasteiger partial charge in [0, 0.05) is 26.8 Å². The molecule has 0 saturated carbocycles. The zero-order valence-corrected chi connectivity index (χ0v) is 8.64. The van der Waals surface area contributed by atoms with E-state index in [1.807, 2.05) is 0 Å². The van der Waals surface area contributed by atoms with Crippen molar-refractivity contribution in [3.8, 4) is 0 Å². The molecule has 1 aromatic heterocycles. The fourth-order valence-corrected chi connectivity index (χ4v) is 1.26. The first kappa shape index (κ1) is 10.7. The summed E-state index contributed by atoms with van der Waals surface area (Å²) in [5.74, 6) is -0.133. The van der Waals surface area contributed by atoms with Gasteiger partial charge in [-0.3, -0.25) is 9.48 Å². The van der Waals surface area contributed by atoms with Crippen LogP contribution >= 0.6 is 0 Å². The first-order valence-corrected chi connectivity index (χ1v) is 4.44. The summed E-state index contributed by atoms with van der Waals surface area (Å²) in [7, 11) is 3.37. The lowest BCUT2D eigenvalue weighted by Crippen LogP contribution is -2.34. The number of hydrogen-bond acceptors (Lipinski definition) is 3. The van der Waals surface area contributed by atoms with Crippen molar-refractivity contribution in [2.24, 2.45) is 7.05 Å². The van der Waals surface area contributed by atoms with E-state index in [4.69, 9.17) is 5.11 Å². The number of amides is 1. The third-order valence-corrected chi connectivity index (χ3v) is 1.92. The van der Waals surface area contributed by atoms with Gasteiger partial charge in [-0.25, -0.2) is 0 Å². The average Bonchev–Trinajstić information content (AvgIpc) is 2.48. The van der Waals surface area contributed by atoms with E-state index in [1.165, 1.54) is 9.58 Å². The summed E-state index contributed by atoms with van der Waals surface area (Å²) in [4.78, 5) is 13.2. The van der Waals surface area contributed by atoms with Crippen molar-refractivity contribution in [3.63, 3.8) is 0 Å². The maximum Gasteiger partial charge on any atom is 0.271 e. The Morgan fingerprint density at radius 1 is 1.79 bits per heavy atom. The molecule has 0 aromatic carbocycles. The third kappa shape index (κ3) is 2.32. The molecule has 0 spiro atoms. The van der Waals surface area contributed by atoms with E-state index in [0.717, 1.165) is 0 Å². The number of carbonyl (C=O) groups excluding carboxylic acids is 1. The first-order chi connectivity index (χ1) is 6.52. The Morgan fingerprint density at radius 3 is 2.86 bits per heavy atom. The van der Waals surface area contributed by atoms with E-state index in [1.54, 1.807) is 33.3 Å². The molecule has 0 radical (unpaired) electrons. The highest BCUT2D eigenvalue weighted by Crippen LogP contribution is 2.01. The zero-order chi connectivity index (χ0) is 10.7. The largest absolute Gasteiger partial charge is 0.392 e. The minimum atomic E-state index is -0.517. The van der Waals surface area contributed by atoms with Crippen molar-refractivity contribution in [1.82, 2.24) is 14.7 Å². The quantitative estimate of drug-likeness (QED) is 0.734. The molecule has 0 aliphatic heterocycles. The topological polar surface area (TPSA) is 58.4 Å². The number of rotatable bonds is 3. The van der Waals surface area contributed by atoms with E-state index in [-0.39, 0.29) is 5.91 Å². The number of likely N-dealkylation sites (N-methyl/N-ethyl adjacent to an activating group) is 1. The van der Waals surface area contributed by atoms with Gasteiger partial charge in [0.25, 0.3) is 5.91 Å². The van der Waals surface area contributed by atoms with E-state index in [9.17, 15) is 4.79 Å². The van der Waals surface area contributed by atoms with Gasteiger partial charge in [0.15, 0.2) is 0 Å². The summed E-state index contributed by atoms with van der Waals surface area (Å²) >= 11 is 0. The van der Waals surface area contributed by atoms with Crippen molar-refractivity contribution in [2.45, 2.75) is 13.0 Å². The molecule has 1 unspecified atom stereocenters. The highest BCUT2D eigenvalue weighted by molar-refractivity contribution is 5.92. The number of aromatic nitrogens is 2. The van der Waals surface area contributed by atoms with Gasteiger partial charge < -0.3 is 10.0 Å². The van der Waals surface area contributed by atoms with Crippen LogP contribution in [0.4, 0.5) is 0 Å². The minimum absolute atomic E-state index is 0.133. The number of aliphatic hydroxyl groups excluding tert-OH is 1. The van der Waals surface area contributed by atoms with Crippen LogP contribution in [0.2, 0.25) is 0 Å². The molecule has 0 fully saturated rings. The van der Waals surface area contributed by atoms with Crippen molar-refractivity contribution in [1.29, 1.82) is 0 Å². The second kappa shape index (κ2) is 4.23. The van der Waals surface area contributed by atoms with Crippen molar-refractivity contribution in [3.05, 3.63) is 18.0 Å². The van der Waals surface area contributed by atoms with Crippen LogP contribution in [0.3, 0.4) is 0 Å². The Kier molecular flexibility index (Phi) is 3.24. The number of aliphatic hydroxyl groups is 1. The SMILES string of the molecule is CC(O)CN(C)C(=O)c1ccnn1C. The second-order valence-corrected chi connectivity index (χ2v) is 3.37. The summed E-state index contributed by atoms with van der Waals surface area (Å²) in [6, 6.07) is 1.65. The van der Waals surface area contributed by atoms with Crippen molar-refractivity contribution < 1.29 is 9.90 Å². The first-order valence-electron chi connectivity index (χ1n) is 4.44. The molecule has 0 aliphatic rings. The minimum Gasteiger partial charge on any atom is -0.392 e. The van der Waals surface area contributed by atoms with Crippen LogP contribution in [0.25, 0.3) is 0 Å². The fourth-order valence-electron chi connectivity index (χ4n) is 1.26. The molecule has 78 valence electrons. The smallest absolute Gasteiger partial charge is 0.271 e. The third-order valence-electron chi connectivity index (χ3n) is 1.92. The van der Waals surface area contributed by atoms with Crippen LogP contribution in [0, 0.1) is 0 Å². The molecular weight excluding hydrogens is 182 g/mol. The van der Waals surface area contributed by atoms with Gasteiger partial charge in [0.05, 0.1) is 6.10 Å². The number of aryl methyl sites for hydroxylation is 1. The molecule has 5 heteroatoms. The van der Waals surface area contributed by atoms with Gasteiger partial charge in [-0.15, -0.1) is 0 Å². The molecule has 1 aromatic rings. The van der Waals surface area contributed by atoms with Gasteiger partial charge >= 0.3 is 0 Å². The zero-order valence-electron chi connectivity index (χ0n) is 8.64. The molecule has 0 saturated heterocycles. The van der Waals surface area contributed by atoms with Gasteiger partial charge in [0.1, 0.15) is 5.69 Å². The van der Waals surface area contributed by atoms with Crippen molar-refractivity contribution in [2.75, 3.05) is 13.6 Å². The molecule has 1 heterocycles. The summed E-state index contributed by atoms with van der Waals surface area (Å²) < 4.78 is 1.51. The maximum absolute atomic E-state index is 11.7. The standard InChI is InChI=1S/C9H15N3O2/c1-7(13)6-11(2)9(14)8-4-5-10-12(8)3/h4-5,7,13H,6H2,1-3H3. The van der Waals surface area contributed by atoms with E-state index >= 15 is 0 Å². The molecular formula is C9H15N3O2. The number of carbonyl (C=O) groups is 1. The van der Waals surface area contributed by atoms with Crippen LogP contribution in [0.5, 0.6) is 0 Å². The molecule has 1 amide bonds. The summed E-state index contributed by atoms with van der Waals surface area (Å²) in [5, 5.41) is 13.0. The molecule has 5 nitrogen and oxygen atoms in total. The van der Waals surface area contributed by atoms with Gasteiger partial charge in [0.2, 0.25) is 0 Å². The molecule has 1 atom stereocenters. The van der Waals surface area contributed by atoms with E-state index in [0.29, 0.717) is 12.2 Å². The second-order valence-electron chi connectivity index (χ2n) is 3.37.